The zero-order valence-electron chi connectivity index (χ0n) is 12.1. The van der Waals surface area contributed by atoms with Crippen LogP contribution in [0.2, 0.25) is 0 Å². The van der Waals surface area contributed by atoms with Crippen LogP contribution in [0.5, 0.6) is 0 Å². The summed E-state index contributed by atoms with van der Waals surface area (Å²) in [6, 6.07) is 0. The number of hydrogen-bond donors (Lipinski definition) is 1. The van der Waals surface area contributed by atoms with Gasteiger partial charge in [-0.1, -0.05) is 0 Å². The molecule has 1 saturated heterocycles. The molecule has 0 radical (unpaired) electrons. The molecule has 10 nitrogen and oxygen atoms in total. The fraction of sp³-hybridized carbons (Fsp3) is 0.818. The summed E-state index contributed by atoms with van der Waals surface area (Å²) in [4.78, 5) is 26.5. The van der Waals surface area contributed by atoms with Gasteiger partial charge in [-0.15, -0.1) is 5.01 Å². The van der Waals surface area contributed by atoms with E-state index in [-0.39, 0.29) is 18.1 Å². The van der Waals surface area contributed by atoms with Crippen molar-refractivity contribution in [2.24, 2.45) is 11.2 Å². The van der Waals surface area contributed by atoms with Crippen LogP contribution in [0.3, 0.4) is 0 Å². The van der Waals surface area contributed by atoms with Crippen molar-refractivity contribution >= 4 is 12.1 Å². The standard InChI is InChI=1S/C11H19N3O7/c1-11(2,3)21-10(17)19-7-20-12-14(18)13-5-4-8(6-13)9(15)16/h8H,4-7H2,1-3H3,(H,15,16)/b14-12+. The maximum atomic E-state index is 11.5. The second-order valence-corrected chi connectivity index (χ2v) is 5.43. The quantitative estimate of drug-likeness (QED) is 0.200. The minimum absolute atomic E-state index is 0.0542. The summed E-state index contributed by atoms with van der Waals surface area (Å²) in [5.74, 6) is -1.56. The van der Waals surface area contributed by atoms with Gasteiger partial charge in [0.05, 0.1) is 24.0 Å². The number of ether oxygens (including phenoxy) is 2. The largest absolute Gasteiger partial charge is 0.569 e. The minimum Gasteiger partial charge on any atom is -0.569 e. The van der Waals surface area contributed by atoms with Crippen LogP contribution in [0.25, 0.3) is 0 Å². The summed E-state index contributed by atoms with van der Waals surface area (Å²) in [5, 5.41) is 24.6. The molecule has 0 saturated carbocycles. The summed E-state index contributed by atoms with van der Waals surface area (Å²) in [6.45, 7) is 4.75. The van der Waals surface area contributed by atoms with Gasteiger partial charge in [0.25, 0.3) is 6.79 Å². The van der Waals surface area contributed by atoms with E-state index in [0.29, 0.717) is 6.42 Å². The highest BCUT2D eigenvalue weighted by Gasteiger charge is 2.32. The predicted octanol–water partition coefficient (Wildman–Crippen LogP) is 1.11. The lowest BCUT2D eigenvalue weighted by Crippen LogP contribution is -2.30. The van der Waals surface area contributed by atoms with Gasteiger partial charge in [-0.25, -0.2) is 4.79 Å². The van der Waals surface area contributed by atoms with Gasteiger partial charge in [0.15, 0.2) is 0 Å². The van der Waals surface area contributed by atoms with E-state index in [1.165, 1.54) is 5.01 Å². The van der Waals surface area contributed by atoms with Crippen LogP contribution >= 0.6 is 0 Å². The van der Waals surface area contributed by atoms with E-state index < -0.39 is 30.4 Å². The zero-order chi connectivity index (χ0) is 16.0. The molecule has 0 aromatic rings. The smallest absolute Gasteiger partial charge is 0.511 e. The first-order chi connectivity index (χ1) is 9.69. The minimum atomic E-state index is -0.958. The van der Waals surface area contributed by atoms with Gasteiger partial charge in [-0.2, -0.15) is 0 Å². The predicted molar refractivity (Wildman–Crippen MR) is 66.6 cm³/mol. The van der Waals surface area contributed by atoms with Crippen LogP contribution in [-0.4, -0.2) is 52.7 Å². The molecular formula is C11H19N3O7. The van der Waals surface area contributed by atoms with Crippen LogP contribution < -0.4 is 0 Å². The van der Waals surface area contributed by atoms with Crippen molar-refractivity contribution < 1.29 is 34.0 Å². The van der Waals surface area contributed by atoms with Gasteiger partial charge in [-0.05, 0) is 27.2 Å². The Morgan fingerprint density at radius 3 is 2.67 bits per heavy atom. The first-order valence-corrected chi connectivity index (χ1v) is 6.32. The van der Waals surface area contributed by atoms with Crippen molar-refractivity contribution in [1.82, 2.24) is 5.01 Å². The van der Waals surface area contributed by atoms with Gasteiger partial charge in [0.2, 0.25) is 5.28 Å². The van der Waals surface area contributed by atoms with Crippen LogP contribution in [0.1, 0.15) is 27.2 Å². The lowest BCUT2D eigenvalue weighted by Gasteiger charge is -2.18. The molecule has 120 valence electrons. The lowest BCUT2D eigenvalue weighted by molar-refractivity contribution is -0.708. The highest BCUT2D eigenvalue weighted by molar-refractivity contribution is 5.70. The monoisotopic (exact) mass is 305 g/mol. The number of nitrogens with zero attached hydrogens (tertiary/aromatic N) is 3. The van der Waals surface area contributed by atoms with Gasteiger partial charge >= 0.3 is 12.1 Å². The number of carboxylic acids is 1. The third kappa shape index (κ3) is 6.15. The Morgan fingerprint density at radius 1 is 1.48 bits per heavy atom. The number of carbonyl (C=O) groups excluding carboxylic acids is 1. The van der Waals surface area contributed by atoms with Crippen molar-refractivity contribution in [2.45, 2.75) is 32.8 Å². The molecule has 0 aliphatic carbocycles. The molecule has 0 aromatic heterocycles. The van der Waals surface area contributed by atoms with Crippen LogP contribution in [0.15, 0.2) is 5.28 Å². The second-order valence-electron chi connectivity index (χ2n) is 5.43. The molecule has 21 heavy (non-hydrogen) atoms. The highest BCUT2D eigenvalue weighted by atomic mass is 16.8. The molecule has 1 aliphatic heterocycles. The molecule has 0 spiro atoms. The van der Waals surface area contributed by atoms with Gasteiger partial charge in [0.1, 0.15) is 5.60 Å². The van der Waals surface area contributed by atoms with Crippen molar-refractivity contribution in [3.8, 4) is 0 Å². The maximum absolute atomic E-state index is 11.5. The summed E-state index contributed by atoms with van der Waals surface area (Å²) >= 11 is 0. The molecule has 0 aromatic carbocycles. The number of carbonyl (C=O) groups is 2. The van der Waals surface area contributed by atoms with E-state index >= 15 is 0 Å². The normalized spacial score (nSPS) is 19.3. The molecule has 1 unspecified atom stereocenters. The Balaban J connectivity index is 2.28. The lowest BCUT2D eigenvalue weighted by atomic mass is 10.1. The third-order valence-electron chi connectivity index (χ3n) is 2.50. The summed E-state index contributed by atoms with van der Waals surface area (Å²) in [5.41, 5.74) is -0.694. The molecular weight excluding hydrogens is 286 g/mol. The van der Waals surface area contributed by atoms with Crippen LogP contribution in [0.4, 0.5) is 4.79 Å². The van der Waals surface area contributed by atoms with E-state index in [2.05, 4.69) is 14.9 Å². The number of carboxylic acid groups (broad SMARTS) is 1. The second kappa shape index (κ2) is 6.95. The van der Waals surface area contributed by atoms with Crippen molar-refractivity contribution in [2.75, 3.05) is 19.9 Å². The molecule has 1 heterocycles. The van der Waals surface area contributed by atoms with E-state index in [0.717, 1.165) is 0 Å². The Hall–Kier alpha value is -2.26. The molecule has 1 N–H and O–H groups in total. The topological polar surface area (TPSA) is 124 Å². The molecule has 10 heteroatoms. The van der Waals surface area contributed by atoms with Gasteiger partial charge in [-0.3, -0.25) is 4.79 Å². The average Bonchev–Trinajstić information content (AvgIpc) is 2.81. The first-order valence-electron chi connectivity index (χ1n) is 6.32. The fourth-order valence-corrected chi connectivity index (χ4v) is 1.58. The third-order valence-corrected chi connectivity index (χ3v) is 2.50. The highest BCUT2D eigenvalue weighted by Crippen LogP contribution is 2.16. The summed E-state index contributed by atoms with van der Waals surface area (Å²) in [6.07, 6.45) is -0.583. The van der Waals surface area contributed by atoms with Crippen LogP contribution in [-0.2, 0) is 19.1 Å². The summed E-state index contributed by atoms with van der Waals surface area (Å²) < 4.78 is 9.37. The van der Waals surface area contributed by atoms with Gasteiger partial charge in [0, 0.05) is 0 Å². The molecule has 1 fully saturated rings. The maximum Gasteiger partial charge on any atom is 0.511 e. The molecule has 0 bridgehead atoms. The van der Waals surface area contributed by atoms with Crippen molar-refractivity contribution in [3.05, 3.63) is 5.21 Å². The SMILES string of the molecule is CC(C)(C)OC(=O)OCO/N=[N+](/[O-])N1CCC(C(=O)O)C1. The van der Waals surface area contributed by atoms with Gasteiger partial charge < -0.3 is 24.6 Å². The zero-order valence-corrected chi connectivity index (χ0v) is 12.1. The van der Waals surface area contributed by atoms with Crippen molar-refractivity contribution in [1.29, 1.82) is 0 Å². The van der Waals surface area contributed by atoms with E-state index in [1.807, 2.05) is 0 Å². The Bertz CT molecular complexity index is 419. The molecule has 1 atom stereocenters. The molecule has 0 amide bonds. The van der Waals surface area contributed by atoms with E-state index in [4.69, 9.17) is 9.84 Å². The van der Waals surface area contributed by atoms with Crippen molar-refractivity contribution in [3.63, 3.8) is 0 Å². The average molecular weight is 305 g/mol. The number of rotatable bonds is 5. The number of hydrazine groups is 1. The fourth-order valence-electron chi connectivity index (χ4n) is 1.58. The Labute approximate surface area is 121 Å². The van der Waals surface area contributed by atoms with Crippen LogP contribution in [0, 0.1) is 11.1 Å². The first kappa shape index (κ1) is 16.8. The van der Waals surface area contributed by atoms with E-state index in [1.54, 1.807) is 20.8 Å². The molecule has 1 rings (SSSR count). The Kier molecular flexibility index (Phi) is 5.56. The number of aliphatic carboxylic acids is 1. The Morgan fingerprint density at radius 2 is 2.14 bits per heavy atom. The summed E-state index contributed by atoms with van der Waals surface area (Å²) in [7, 11) is 0. The van der Waals surface area contributed by atoms with E-state index in [9.17, 15) is 14.8 Å². The number of hydrogen-bond acceptors (Lipinski definition) is 7. The molecule has 1 aliphatic rings.